The molecule has 0 spiro atoms. The van der Waals surface area contributed by atoms with E-state index in [0.717, 1.165) is 22.3 Å². The Bertz CT molecular complexity index is 3800. The van der Waals surface area contributed by atoms with Crippen LogP contribution in [-0.2, 0) is 54.3 Å². The van der Waals surface area contributed by atoms with E-state index in [2.05, 4.69) is 26.6 Å². The number of ether oxygens (including phenoxy) is 6. The summed E-state index contributed by atoms with van der Waals surface area (Å²) in [5, 5.41) is 21.3. The predicted molar refractivity (Wildman–Crippen MR) is 394 cm³/mol. The molecule has 0 aromatic heterocycles. The van der Waals surface area contributed by atoms with Gasteiger partial charge in [0, 0.05) is 118 Å². The molecule has 4 heterocycles. The van der Waals surface area contributed by atoms with Crippen molar-refractivity contribution in [3.05, 3.63) is 165 Å². The Morgan fingerprint density at radius 1 is 0.430 bits per heavy atom. The van der Waals surface area contributed by atoms with E-state index in [1.165, 1.54) is 40.7 Å². The number of carboxylic acids is 1. The number of nitrogens with two attached hydrogens (primary N) is 2. The molecule has 4 aromatic carbocycles. The number of carbonyl (C=O) groups is 10. The number of rotatable bonds is 26. The maximum atomic E-state index is 13.1. The molecular weight excluding hydrogens is 1450 g/mol. The summed E-state index contributed by atoms with van der Waals surface area (Å²) in [4.78, 5) is 124. The fraction of sp³-hybridized carbons (Fsp3) is 0.425. The van der Waals surface area contributed by atoms with E-state index < -0.39 is 29.4 Å². The van der Waals surface area contributed by atoms with Crippen LogP contribution in [0.15, 0.2) is 120 Å². The smallest absolute Gasteiger partial charge is 0.407 e. The van der Waals surface area contributed by atoms with Gasteiger partial charge >= 0.3 is 18.2 Å². The van der Waals surface area contributed by atoms with Crippen molar-refractivity contribution in [2.75, 3.05) is 126 Å². The third-order valence-electron chi connectivity index (χ3n) is 15.7. The molecule has 0 unspecified atom stereocenters. The molecule has 0 atom stereocenters. The second-order valence-corrected chi connectivity index (χ2v) is 25.9. The summed E-state index contributed by atoms with van der Waals surface area (Å²) in [6.07, 6.45) is 2.69. The number of carboxylic acid groups (broad SMARTS) is 1. The number of likely N-dealkylation sites (N-methyl/N-ethyl adjacent to an activating group) is 3. The monoisotopic (exact) mass is 1540 g/mol. The van der Waals surface area contributed by atoms with E-state index in [0.29, 0.717) is 134 Å². The van der Waals surface area contributed by atoms with Crippen molar-refractivity contribution in [2.45, 2.75) is 78.4 Å². The molecule has 0 fully saturated rings. The lowest BCUT2D eigenvalue weighted by Crippen LogP contribution is -2.43. The molecule has 0 saturated heterocycles. The first-order valence-electron chi connectivity index (χ1n) is 33.4. The maximum Gasteiger partial charge on any atom is 0.407 e. The highest BCUT2D eigenvalue weighted by molar-refractivity contribution is 6.01. The van der Waals surface area contributed by atoms with Gasteiger partial charge in [-0.1, -0.05) is 0 Å². The highest BCUT2D eigenvalue weighted by atomic mass is 35.5. The Kier molecular flexibility index (Phi) is 37.8. The molecule has 4 aromatic rings. The SMILES string of the molecule is CC(C)(C)OC(=O)NC/C(=C/F)COc1ccc2c(c1)CCN(CC(=O)O)C2=O.CNC(=O)CN1CCc2cc(OC/C(=C\F)CN)ccc2C1=O.CNC(=O)CN1CCc2cc(OC/C(=C\F)CN)ccc2C1=O.CNC(=O)CN1CCc2cc(OC/C(=C\F)CNC(=O)OC(C)(C)C)ccc2C1=O.Cl.Cl. The van der Waals surface area contributed by atoms with Crippen LogP contribution in [0.3, 0.4) is 0 Å². The average molecular weight is 1550 g/mol. The quantitative estimate of drug-likeness (QED) is 0.0299. The standard InChI is InChI=1S/C21H28FN3O5.C20H25FN2O6.2C16H20FN3O3.2ClH/c1-21(2,3)30-20(28)24-11-14(10-22)13-29-16-5-6-17-15(9-16)7-8-25(19(17)27)12-18(26)23-4;1-20(2,3)29-19(27)22-10-13(9-21)12-28-15-4-5-16-14(8-15)6-7-23(18(16)26)11-17(24)25;2*1-19-15(21)9-20-5-4-12-6-13(2-3-14(12)16(20)22)23-10-11(7-17)8-18;;/h5-6,9-10H,7-8,11-13H2,1-4H3,(H,23,26)(H,24,28);4-5,8-9H,6-7,10-12H2,1-3H3,(H,22,27)(H,24,25);2*2-3,6-7H,4-5,8-10,18H2,1H3,(H,19,21);2*1H/b14-10-;13-9-;2*11-7-;;. The van der Waals surface area contributed by atoms with Crippen molar-refractivity contribution in [1.29, 1.82) is 0 Å². The first kappa shape index (κ1) is 90.8. The Hall–Kier alpha value is -10.4. The minimum atomic E-state index is -1.06. The van der Waals surface area contributed by atoms with E-state index in [4.69, 9.17) is 45.0 Å². The fourth-order valence-electron chi connectivity index (χ4n) is 10.2. The summed E-state index contributed by atoms with van der Waals surface area (Å²) in [6.45, 7) is 11.9. The molecule has 4 aliphatic heterocycles. The van der Waals surface area contributed by atoms with Crippen LogP contribution in [0.1, 0.15) is 105 Å². The Morgan fingerprint density at radius 2 is 0.673 bits per heavy atom. The molecule has 8 rings (SSSR count). The van der Waals surface area contributed by atoms with Gasteiger partial charge in [0.2, 0.25) is 17.7 Å². The Labute approximate surface area is 630 Å². The number of fused-ring (bicyclic) bond motifs is 4. The van der Waals surface area contributed by atoms with E-state index in [-0.39, 0.29) is 156 Å². The lowest BCUT2D eigenvalue weighted by atomic mass is 9.98. The number of hydrogen-bond donors (Lipinski definition) is 8. The zero-order valence-electron chi connectivity index (χ0n) is 61.1. The van der Waals surface area contributed by atoms with Crippen molar-refractivity contribution >= 4 is 84.3 Å². The highest BCUT2D eigenvalue weighted by Crippen LogP contribution is 2.29. The lowest BCUT2D eigenvalue weighted by Gasteiger charge is -2.28. The van der Waals surface area contributed by atoms with Crippen molar-refractivity contribution < 1.29 is 99.0 Å². The lowest BCUT2D eigenvalue weighted by molar-refractivity contribution is -0.137. The van der Waals surface area contributed by atoms with Crippen molar-refractivity contribution in [1.82, 2.24) is 46.2 Å². The molecule has 586 valence electrons. The van der Waals surface area contributed by atoms with Crippen LogP contribution in [-0.4, -0.2) is 222 Å². The molecular formula is C73H95Cl2F4N11O17. The van der Waals surface area contributed by atoms with Gasteiger partial charge in [-0.15, -0.1) is 24.8 Å². The van der Waals surface area contributed by atoms with Gasteiger partial charge in [0.15, 0.2) is 0 Å². The van der Waals surface area contributed by atoms with Crippen LogP contribution in [0.25, 0.3) is 0 Å². The molecule has 0 bridgehead atoms. The van der Waals surface area contributed by atoms with Crippen molar-refractivity contribution in [3.63, 3.8) is 0 Å². The summed E-state index contributed by atoms with van der Waals surface area (Å²) < 4.78 is 83.5. The van der Waals surface area contributed by atoms with Gasteiger partial charge in [0.1, 0.15) is 67.2 Å². The number of carbonyl (C=O) groups excluding carboxylic acids is 9. The van der Waals surface area contributed by atoms with Gasteiger partial charge in [-0.05, 0) is 162 Å². The topological polar surface area (TPSA) is 371 Å². The Balaban J connectivity index is 0.000000370. The predicted octanol–water partition coefficient (Wildman–Crippen LogP) is 6.80. The molecule has 0 aliphatic carbocycles. The van der Waals surface area contributed by atoms with Crippen LogP contribution in [0.4, 0.5) is 27.2 Å². The molecule has 9 amide bonds. The third-order valence-corrected chi connectivity index (χ3v) is 15.7. The molecule has 0 saturated carbocycles. The van der Waals surface area contributed by atoms with Crippen molar-refractivity contribution in [2.24, 2.45) is 11.5 Å². The summed E-state index contributed by atoms with van der Waals surface area (Å²) in [5.74, 6) is -0.539. The summed E-state index contributed by atoms with van der Waals surface area (Å²) in [5.41, 5.74) is 15.9. The minimum absolute atomic E-state index is 0. The van der Waals surface area contributed by atoms with Crippen LogP contribution in [0.5, 0.6) is 23.0 Å². The van der Waals surface area contributed by atoms with E-state index >= 15 is 0 Å². The van der Waals surface area contributed by atoms with Gasteiger partial charge in [0.05, 0.1) is 45.0 Å². The summed E-state index contributed by atoms with van der Waals surface area (Å²) in [6, 6.07) is 20.0. The maximum absolute atomic E-state index is 13.1. The number of amides is 9. The normalized spacial score (nSPS) is 14.0. The third kappa shape index (κ3) is 29.8. The number of nitrogens with zero attached hydrogens (tertiary/aromatic N) is 4. The number of aliphatic carboxylic acids is 1. The summed E-state index contributed by atoms with van der Waals surface area (Å²) in [7, 11) is 4.60. The first-order valence-corrected chi connectivity index (χ1v) is 33.4. The molecule has 28 nitrogen and oxygen atoms in total. The van der Waals surface area contributed by atoms with Crippen LogP contribution in [0, 0.1) is 0 Å². The molecule has 107 heavy (non-hydrogen) atoms. The molecule has 10 N–H and O–H groups in total. The highest BCUT2D eigenvalue weighted by Gasteiger charge is 2.31. The minimum Gasteiger partial charge on any atom is -0.489 e. The van der Waals surface area contributed by atoms with Crippen LogP contribution >= 0.6 is 24.8 Å². The Morgan fingerprint density at radius 3 is 0.888 bits per heavy atom. The second kappa shape index (κ2) is 44.5. The first-order chi connectivity index (χ1) is 49.9. The number of halogens is 6. The van der Waals surface area contributed by atoms with Gasteiger partial charge in [-0.3, -0.25) is 38.4 Å². The second-order valence-electron chi connectivity index (χ2n) is 25.9. The molecule has 4 aliphatic rings. The van der Waals surface area contributed by atoms with Gasteiger partial charge in [0.25, 0.3) is 23.6 Å². The number of alkyl carbamates (subject to hydrolysis) is 2. The number of hydrogen-bond acceptors (Lipinski definition) is 18. The fourth-order valence-corrected chi connectivity index (χ4v) is 10.2. The molecule has 0 radical (unpaired) electrons. The number of benzene rings is 4. The van der Waals surface area contributed by atoms with Gasteiger partial charge in [-0.25, -0.2) is 27.2 Å². The van der Waals surface area contributed by atoms with Gasteiger partial charge in [-0.2, -0.15) is 0 Å². The number of nitrogens with one attached hydrogen (secondary N) is 5. The van der Waals surface area contributed by atoms with Gasteiger partial charge < -0.3 is 91.2 Å². The zero-order valence-corrected chi connectivity index (χ0v) is 62.8. The largest absolute Gasteiger partial charge is 0.489 e. The zero-order chi connectivity index (χ0) is 77.6. The van der Waals surface area contributed by atoms with Crippen molar-refractivity contribution in [3.8, 4) is 23.0 Å². The summed E-state index contributed by atoms with van der Waals surface area (Å²) >= 11 is 0. The van der Waals surface area contributed by atoms with E-state index in [1.54, 1.807) is 114 Å². The van der Waals surface area contributed by atoms with E-state index in [1.807, 2.05) is 0 Å². The van der Waals surface area contributed by atoms with Crippen LogP contribution in [0.2, 0.25) is 0 Å². The average Bonchev–Trinajstić information content (AvgIpc) is 0.823. The molecule has 34 heteroatoms. The van der Waals surface area contributed by atoms with E-state index in [9.17, 15) is 65.5 Å². The van der Waals surface area contributed by atoms with Crippen LogP contribution < -0.4 is 57.0 Å².